The van der Waals surface area contributed by atoms with Crippen LogP contribution >= 0.6 is 0 Å². The first-order valence-electron chi connectivity index (χ1n) is 30.8. The van der Waals surface area contributed by atoms with Crippen molar-refractivity contribution in [2.24, 2.45) is 47.3 Å². The molecule has 2 heterocycles. The van der Waals surface area contributed by atoms with Crippen molar-refractivity contribution in [3.63, 3.8) is 0 Å². The van der Waals surface area contributed by atoms with E-state index in [1.807, 2.05) is 62.3 Å². The van der Waals surface area contributed by atoms with Crippen LogP contribution in [0, 0.1) is 47.3 Å². The van der Waals surface area contributed by atoms with Gasteiger partial charge in [0, 0.05) is 55.9 Å². The molecule has 2 fully saturated rings. The van der Waals surface area contributed by atoms with Gasteiger partial charge in [0.2, 0.25) is 65.0 Å². The van der Waals surface area contributed by atoms with Gasteiger partial charge in [-0.1, -0.05) is 104 Å². The third-order valence-electron chi connectivity index (χ3n) is 16.9. The molecule has 85 heavy (non-hydrogen) atoms. The molecule has 0 saturated carbocycles. The van der Waals surface area contributed by atoms with Gasteiger partial charge in [0.15, 0.2) is 0 Å². The van der Waals surface area contributed by atoms with E-state index < -0.39 is 155 Å². The summed E-state index contributed by atoms with van der Waals surface area (Å²) in [5.74, 6) is -9.22. The van der Waals surface area contributed by atoms with Crippen LogP contribution in [-0.2, 0) is 57.5 Å². The molecule has 0 bridgehead atoms. The topological polar surface area (TPSA) is 268 Å². The van der Waals surface area contributed by atoms with Gasteiger partial charge in [-0.25, -0.2) is 0 Å². The molecule has 0 aliphatic carbocycles. The molecule has 0 spiro atoms. The molecule has 0 unspecified atom stereocenters. The number of likely N-dealkylation sites (N-methyl/N-ethyl adjacent to an activating group) is 7. The monoisotopic (exact) mass is 1200 g/mol. The van der Waals surface area contributed by atoms with E-state index in [1.165, 1.54) is 104 Å². The molecule has 0 aromatic heterocycles. The maximum absolute atomic E-state index is 15.2. The Morgan fingerprint density at radius 2 is 0.741 bits per heavy atom. The molecule has 0 aromatic rings. The molecule has 0 aromatic carbocycles. The van der Waals surface area contributed by atoms with E-state index in [-0.39, 0.29) is 55.3 Å². The molecule has 2 saturated heterocycles. The first-order chi connectivity index (χ1) is 39.1. The number of carbonyl (C=O) groups excluding carboxylic acids is 11. The van der Waals surface area contributed by atoms with Crippen molar-refractivity contribution in [3.05, 3.63) is 0 Å². The summed E-state index contributed by atoms with van der Waals surface area (Å²) in [6.45, 7) is 32.2. The zero-order chi connectivity index (χ0) is 65.7. The standard InChI is InChI=1S/C62H111N11O12/c1-32(2)28-43-53(75)63-40(16)52(74)64-41(17)56(78)70(22)45(30-34(5)6)58(80)71(23)46(31-35(7)8)59(81)72(24)49(38(13)14)62(84)73(25)50(51-39(15)26-27-85-51)55(77)66-47(36(9)10)60(82)67(19)42(18)57(79)68(20)44(29-33(3)4)54(76)65-48(37(11)12)61(83)69(43)21/h32-51H,26-31H2,1-25H3,(H,63,75)(H,64,74)(H,65,76)(H,66,77)/t39-,40+,41-,42-,43+,44+,45+,46+,47+,48+,49+,50+,51-/m1/s1. The van der Waals surface area contributed by atoms with Crippen molar-refractivity contribution in [3.8, 4) is 0 Å². The SMILES string of the molecule is CC(C)C[C@H]1C(=O)N[C@@H](C)C(=O)N[C@H](C)C(=O)N(C)[C@@H](CC(C)C)C(=O)N(C)[C@@H](CC(C)C)C(=O)N(C)[C@@H](C(C)C)C(=O)N(C)[C@@H]([C@@H]2OCC[C@H]2C)C(=O)N[C@@H](C(C)C)C(=O)N(C)[C@H](C)C(=O)N(C)[C@@H](CC(C)C)C(=O)N[C@@H](C(C)C)C(=O)N1C. The Bertz CT molecular complexity index is 2340. The summed E-state index contributed by atoms with van der Waals surface area (Å²) in [6, 6.07) is -13.0. The van der Waals surface area contributed by atoms with Crippen LogP contribution in [0.15, 0.2) is 0 Å². The lowest BCUT2D eigenvalue weighted by molar-refractivity contribution is -0.157. The maximum Gasteiger partial charge on any atom is 0.246 e. The van der Waals surface area contributed by atoms with E-state index in [0.29, 0.717) is 13.0 Å². The van der Waals surface area contributed by atoms with E-state index in [1.54, 1.807) is 41.5 Å². The second-order valence-electron chi connectivity index (χ2n) is 27.1. The highest BCUT2D eigenvalue weighted by Gasteiger charge is 2.48. The van der Waals surface area contributed by atoms with Crippen LogP contribution in [0.1, 0.15) is 157 Å². The van der Waals surface area contributed by atoms with Gasteiger partial charge in [0.1, 0.15) is 66.5 Å². The average Bonchev–Trinajstić information content (AvgIpc) is 3.23. The fourth-order valence-corrected chi connectivity index (χ4v) is 11.3. The molecule has 4 N–H and O–H groups in total. The number of amides is 11. The second-order valence-corrected chi connectivity index (χ2v) is 27.1. The second kappa shape index (κ2) is 32.8. The fourth-order valence-electron chi connectivity index (χ4n) is 11.3. The average molecular weight is 1200 g/mol. The minimum absolute atomic E-state index is 0.124. The van der Waals surface area contributed by atoms with Crippen LogP contribution in [0.4, 0.5) is 0 Å². The summed E-state index contributed by atoms with van der Waals surface area (Å²) in [5, 5.41) is 11.2. The van der Waals surface area contributed by atoms with E-state index in [2.05, 4.69) is 21.3 Å². The smallest absolute Gasteiger partial charge is 0.246 e. The molecule has 0 radical (unpaired) electrons. The zero-order valence-electron chi connectivity index (χ0n) is 56.3. The van der Waals surface area contributed by atoms with Gasteiger partial charge in [-0.2, -0.15) is 0 Å². The number of nitrogens with zero attached hydrogens (tertiary/aromatic N) is 7. The van der Waals surface area contributed by atoms with Gasteiger partial charge < -0.3 is 60.3 Å². The van der Waals surface area contributed by atoms with Crippen LogP contribution in [0.25, 0.3) is 0 Å². The first-order valence-corrected chi connectivity index (χ1v) is 30.8. The maximum atomic E-state index is 15.2. The lowest BCUT2D eigenvalue weighted by Gasteiger charge is -2.41. The number of nitrogens with one attached hydrogen (secondary N) is 4. The summed E-state index contributed by atoms with van der Waals surface area (Å²) < 4.78 is 6.20. The summed E-state index contributed by atoms with van der Waals surface area (Å²) in [4.78, 5) is 170. The molecular weight excluding hydrogens is 1090 g/mol. The molecule has 23 nitrogen and oxygen atoms in total. The van der Waals surface area contributed by atoms with Crippen LogP contribution < -0.4 is 21.3 Å². The number of ether oxygens (including phenoxy) is 1. The minimum atomic E-state index is -1.30. The number of carbonyl (C=O) groups is 11. The molecule has 2 aliphatic heterocycles. The number of rotatable bonds is 12. The third kappa shape index (κ3) is 19.6. The molecule has 2 aliphatic rings. The van der Waals surface area contributed by atoms with Crippen molar-refractivity contribution in [1.82, 2.24) is 55.6 Å². The van der Waals surface area contributed by atoms with Crippen LogP contribution in [0.5, 0.6) is 0 Å². The molecule has 23 heteroatoms. The van der Waals surface area contributed by atoms with Crippen molar-refractivity contribution < 1.29 is 57.5 Å². The predicted octanol–water partition coefficient (Wildman–Crippen LogP) is 3.37. The van der Waals surface area contributed by atoms with Crippen molar-refractivity contribution >= 4 is 65.0 Å². The predicted molar refractivity (Wildman–Crippen MR) is 327 cm³/mol. The third-order valence-corrected chi connectivity index (χ3v) is 16.9. The Hall–Kier alpha value is -5.87. The zero-order valence-corrected chi connectivity index (χ0v) is 56.3. The highest BCUT2D eigenvalue weighted by Crippen LogP contribution is 2.29. The highest BCUT2D eigenvalue weighted by molar-refractivity contribution is 6.00. The van der Waals surface area contributed by atoms with Crippen LogP contribution in [0.2, 0.25) is 0 Å². The fraction of sp³-hybridized carbons (Fsp3) is 0.823. The molecular formula is C62H111N11O12. The summed E-state index contributed by atoms with van der Waals surface area (Å²) in [5.41, 5.74) is 0. The summed E-state index contributed by atoms with van der Waals surface area (Å²) in [7, 11) is 10.2. The van der Waals surface area contributed by atoms with Gasteiger partial charge in [-0.15, -0.1) is 0 Å². The molecule has 2 rings (SSSR count). The lowest BCUT2D eigenvalue weighted by atomic mass is 9.92. The molecule has 13 atom stereocenters. The quantitative estimate of drug-likeness (QED) is 0.219. The Kier molecular flexibility index (Phi) is 29.0. The van der Waals surface area contributed by atoms with Crippen molar-refractivity contribution in [2.75, 3.05) is 55.9 Å². The Balaban J connectivity index is 2.98. The van der Waals surface area contributed by atoms with E-state index in [9.17, 15) is 38.4 Å². The summed E-state index contributed by atoms with van der Waals surface area (Å²) in [6.07, 6.45) is 0.438. The van der Waals surface area contributed by atoms with E-state index in [4.69, 9.17) is 4.74 Å². The summed E-state index contributed by atoms with van der Waals surface area (Å²) >= 11 is 0. The van der Waals surface area contributed by atoms with Gasteiger partial charge in [0.25, 0.3) is 0 Å². The largest absolute Gasteiger partial charge is 0.375 e. The van der Waals surface area contributed by atoms with Crippen LogP contribution in [0.3, 0.4) is 0 Å². The minimum Gasteiger partial charge on any atom is -0.375 e. The van der Waals surface area contributed by atoms with Crippen molar-refractivity contribution in [1.29, 1.82) is 0 Å². The van der Waals surface area contributed by atoms with Crippen LogP contribution in [-0.4, -0.2) is 228 Å². The molecule has 11 amide bonds. The lowest BCUT2D eigenvalue weighted by Crippen LogP contribution is -2.64. The van der Waals surface area contributed by atoms with E-state index >= 15 is 14.4 Å². The Morgan fingerprint density at radius 3 is 1.15 bits per heavy atom. The number of hydrogen-bond donors (Lipinski definition) is 4. The first kappa shape index (κ1) is 75.2. The van der Waals surface area contributed by atoms with Gasteiger partial charge in [-0.05, 0) is 100 Å². The van der Waals surface area contributed by atoms with Crippen molar-refractivity contribution in [2.45, 2.75) is 229 Å². The van der Waals surface area contributed by atoms with Gasteiger partial charge in [-0.3, -0.25) is 52.7 Å². The van der Waals surface area contributed by atoms with Gasteiger partial charge >= 0.3 is 0 Å². The molecule has 486 valence electrons. The Morgan fingerprint density at radius 1 is 0.376 bits per heavy atom. The number of hydrogen-bond acceptors (Lipinski definition) is 12. The Labute approximate surface area is 508 Å². The van der Waals surface area contributed by atoms with E-state index in [0.717, 1.165) is 0 Å². The normalized spacial score (nSPS) is 29.7. The van der Waals surface area contributed by atoms with Gasteiger partial charge in [0.05, 0.1) is 6.10 Å². The highest BCUT2D eigenvalue weighted by atomic mass is 16.5.